The molecule has 1 heterocycles. The first-order valence-electron chi connectivity index (χ1n) is 10.7. The van der Waals surface area contributed by atoms with Gasteiger partial charge >= 0.3 is 0 Å². The Morgan fingerprint density at radius 1 is 1.00 bits per heavy atom. The first-order valence-corrected chi connectivity index (χ1v) is 10.7. The summed E-state index contributed by atoms with van der Waals surface area (Å²) in [5.74, 6) is -0.0237. The van der Waals surface area contributed by atoms with Crippen molar-refractivity contribution in [2.75, 3.05) is 17.7 Å². The van der Waals surface area contributed by atoms with Gasteiger partial charge in [-0.2, -0.15) is 0 Å². The second-order valence-corrected chi connectivity index (χ2v) is 7.85. The minimum Gasteiger partial charge on any atom is -0.497 e. The van der Waals surface area contributed by atoms with Crippen molar-refractivity contribution in [2.45, 2.75) is 20.4 Å². The van der Waals surface area contributed by atoms with Crippen molar-refractivity contribution in [1.29, 1.82) is 0 Å². The van der Waals surface area contributed by atoms with E-state index in [1.54, 1.807) is 61.7 Å². The highest BCUT2D eigenvalue weighted by atomic mass is 16.5. The van der Waals surface area contributed by atoms with E-state index < -0.39 is 5.56 Å². The molecule has 0 radical (unpaired) electrons. The highest BCUT2D eigenvalue weighted by Crippen LogP contribution is 2.27. The zero-order chi connectivity index (χ0) is 24.2. The molecular weight excluding hydrogens is 432 g/mol. The van der Waals surface area contributed by atoms with Gasteiger partial charge in [0, 0.05) is 24.2 Å². The number of hydrogen-bond acceptors (Lipinski definition) is 5. The van der Waals surface area contributed by atoms with Crippen LogP contribution in [-0.4, -0.2) is 28.5 Å². The molecular formula is C26H24N4O4. The number of methoxy groups -OCH3 is 1. The summed E-state index contributed by atoms with van der Waals surface area (Å²) in [6.45, 7) is 3.08. The first-order chi connectivity index (χ1) is 16.4. The molecule has 0 atom stereocenters. The number of fused-ring (bicyclic) bond motifs is 1. The molecule has 0 aliphatic rings. The lowest BCUT2D eigenvalue weighted by Crippen LogP contribution is -2.30. The van der Waals surface area contributed by atoms with Gasteiger partial charge in [0.25, 0.3) is 5.56 Å². The van der Waals surface area contributed by atoms with Gasteiger partial charge in [0.2, 0.25) is 11.8 Å². The third-order valence-corrected chi connectivity index (χ3v) is 5.25. The third kappa shape index (κ3) is 4.80. The van der Waals surface area contributed by atoms with Crippen LogP contribution in [-0.2, 0) is 16.1 Å². The summed E-state index contributed by atoms with van der Waals surface area (Å²) in [7, 11) is 1.55. The van der Waals surface area contributed by atoms with Crippen molar-refractivity contribution in [3.8, 4) is 17.0 Å². The van der Waals surface area contributed by atoms with Crippen LogP contribution >= 0.6 is 0 Å². The number of anilines is 2. The molecule has 4 aromatic rings. The van der Waals surface area contributed by atoms with Gasteiger partial charge < -0.3 is 15.4 Å². The smallest absolute Gasteiger partial charge is 0.278 e. The molecule has 2 N–H and O–H groups in total. The summed E-state index contributed by atoms with van der Waals surface area (Å²) in [6, 6.07) is 19.5. The lowest BCUT2D eigenvalue weighted by molar-refractivity contribution is -0.117. The maximum absolute atomic E-state index is 13.6. The zero-order valence-electron chi connectivity index (χ0n) is 19.1. The molecule has 0 saturated heterocycles. The van der Waals surface area contributed by atoms with Crippen molar-refractivity contribution in [2.24, 2.45) is 0 Å². The topological polar surface area (TPSA) is 102 Å². The summed E-state index contributed by atoms with van der Waals surface area (Å²) in [5.41, 5.74) is 3.24. The summed E-state index contributed by atoms with van der Waals surface area (Å²) in [5, 5.41) is 5.57. The molecule has 4 rings (SSSR count). The van der Waals surface area contributed by atoms with E-state index in [9.17, 15) is 14.4 Å². The number of carbonyl (C=O) groups is 2. The zero-order valence-corrected chi connectivity index (χ0v) is 19.1. The van der Waals surface area contributed by atoms with Crippen molar-refractivity contribution in [3.05, 3.63) is 82.6 Å². The normalized spacial score (nSPS) is 10.7. The van der Waals surface area contributed by atoms with E-state index in [2.05, 4.69) is 15.6 Å². The van der Waals surface area contributed by atoms with E-state index in [1.807, 2.05) is 19.1 Å². The Morgan fingerprint density at radius 3 is 2.56 bits per heavy atom. The second kappa shape index (κ2) is 9.58. The number of rotatable bonds is 6. The first kappa shape index (κ1) is 22.7. The van der Waals surface area contributed by atoms with Crippen LogP contribution in [0.3, 0.4) is 0 Å². The molecule has 0 aliphatic carbocycles. The summed E-state index contributed by atoms with van der Waals surface area (Å²) >= 11 is 0. The van der Waals surface area contributed by atoms with E-state index in [0.29, 0.717) is 33.7 Å². The average Bonchev–Trinajstić information content (AvgIpc) is 2.81. The number of aromatic nitrogens is 2. The van der Waals surface area contributed by atoms with E-state index >= 15 is 0 Å². The number of carbonyl (C=O) groups excluding carboxylic acids is 2. The SMILES string of the molecule is COc1cccc(NC(=O)Cn2c(=O)c(-c3cc(C)ccc3NC(C)=O)nc3ccccc32)c1. The molecule has 0 bridgehead atoms. The third-order valence-electron chi connectivity index (χ3n) is 5.25. The molecule has 8 heteroatoms. The Labute approximate surface area is 196 Å². The predicted octanol–water partition coefficient (Wildman–Crippen LogP) is 3.98. The Kier molecular flexibility index (Phi) is 6.40. The Bertz CT molecular complexity index is 1460. The molecule has 34 heavy (non-hydrogen) atoms. The minimum atomic E-state index is -0.434. The van der Waals surface area contributed by atoms with Gasteiger partial charge in [0.05, 0.1) is 23.8 Å². The molecule has 3 aromatic carbocycles. The van der Waals surface area contributed by atoms with Crippen LogP contribution in [0.25, 0.3) is 22.3 Å². The van der Waals surface area contributed by atoms with Gasteiger partial charge in [-0.15, -0.1) is 0 Å². The average molecular weight is 457 g/mol. The van der Waals surface area contributed by atoms with E-state index in [1.165, 1.54) is 11.5 Å². The maximum atomic E-state index is 13.6. The number of benzene rings is 3. The Hall–Kier alpha value is -4.46. The number of amides is 2. The molecule has 1 aromatic heterocycles. The molecule has 0 fully saturated rings. The fourth-order valence-corrected chi connectivity index (χ4v) is 3.72. The standard InChI is InChI=1S/C26H24N4O4/c1-16-11-12-21(27-17(2)31)20(13-16)25-26(33)30(23-10-5-4-9-22(23)29-25)15-24(32)28-18-7-6-8-19(14-18)34-3/h4-14H,15H2,1-3H3,(H,27,31)(H,28,32). The van der Waals surface area contributed by atoms with E-state index in [0.717, 1.165) is 5.56 Å². The van der Waals surface area contributed by atoms with Gasteiger partial charge in [0.15, 0.2) is 0 Å². The van der Waals surface area contributed by atoms with Gasteiger partial charge in [-0.05, 0) is 43.3 Å². The van der Waals surface area contributed by atoms with Crippen molar-refractivity contribution < 1.29 is 14.3 Å². The highest BCUT2D eigenvalue weighted by Gasteiger charge is 2.18. The molecule has 0 aliphatic heterocycles. The van der Waals surface area contributed by atoms with Gasteiger partial charge in [-0.25, -0.2) is 4.98 Å². The molecule has 0 saturated carbocycles. The summed E-state index contributed by atoms with van der Waals surface area (Å²) in [6.07, 6.45) is 0. The molecule has 0 unspecified atom stereocenters. The van der Waals surface area contributed by atoms with Crippen LogP contribution in [0.15, 0.2) is 71.5 Å². The summed E-state index contributed by atoms with van der Waals surface area (Å²) < 4.78 is 6.60. The monoisotopic (exact) mass is 456 g/mol. The maximum Gasteiger partial charge on any atom is 0.278 e. The van der Waals surface area contributed by atoms with Gasteiger partial charge in [-0.1, -0.05) is 29.8 Å². The highest BCUT2D eigenvalue weighted by molar-refractivity contribution is 5.95. The van der Waals surface area contributed by atoms with Crippen molar-refractivity contribution >= 4 is 34.2 Å². The number of aryl methyl sites for hydroxylation is 1. The quantitative estimate of drug-likeness (QED) is 0.457. The second-order valence-electron chi connectivity index (χ2n) is 7.85. The number of nitrogens with zero attached hydrogens (tertiary/aromatic N) is 2. The van der Waals surface area contributed by atoms with Crippen LogP contribution in [0.4, 0.5) is 11.4 Å². The number of para-hydroxylation sites is 2. The summed E-state index contributed by atoms with van der Waals surface area (Å²) in [4.78, 5) is 42.8. The van der Waals surface area contributed by atoms with Crippen LogP contribution in [0, 0.1) is 6.92 Å². The molecule has 172 valence electrons. The predicted molar refractivity (Wildman–Crippen MR) is 132 cm³/mol. The van der Waals surface area contributed by atoms with Crippen LogP contribution < -0.4 is 20.9 Å². The number of hydrogen-bond donors (Lipinski definition) is 2. The van der Waals surface area contributed by atoms with Crippen molar-refractivity contribution in [1.82, 2.24) is 9.55 Å². The number of ether oxygens (including phenoxy) is 1. The van der Waals surface area contributed by atoms with Crippen molar-refractivity contribution in [3.63, 3.8) is 0 Å². The fourth-order valence-electron chi connectivity index (χ4n) is 3.72. The van der Waals surface area contributed by atoms with Crippen LogP contribution in [0.1, 0.15) is 12.5 Å². The lowest BCUT2D eigenvalue weighted by Gasteiger charge is -2.15. The Morgan fingerprint density at radius 2 is 1.79 bits per heavy atom. The van der Waals surface area contributed by atoms with Gasteiger partial charge in [-0.3, -0.25) is 19.0 Å². The van der Waals surface area contributed by atoms with Crippen LogP contribution in [0.5, 0.6) is 5.75 Å². The molecule has 2 amide bonds. The molecule has 8 nitrogen and oxygen atoms in total. The largest absolute Gasteiger partial charge is 0.497 e. The van der Waals surface area contributed by atoms with Crippen LogP contribution in [0.2, 0.25) is 0 Å². The van der Waals surface area contributed by atoms with E-state index in [-0.39, 0.29) is 24.1 Å². The van der Waals surface area contributed by atoms with Gasteiger partial charge in [0.1, 0.15) is 18.0 Å². The molecule has 0 spiro atoms. The fraction of sp³-hybridized carbons (Fsp3) is 0.154. The van der Waals surface area contributed by atoms with E-state index in [4.69, 9.17) is 4.74 Å². The number of nitrogens with one attached hydrogen (secondary N) is 2. The lowest BCUT2D eigenvalue weighted by atomic mass is 10.1. The Balaban J connectivity index is 1.80. The minimum absolute atomic E-state index is 0.153.